The van der Waals surface area contributed by atoms with Gasteiger partial charge in [-0.05, 0) is 43.3 Å². The highest BCUT2D eigenvalue weighted by Gasteiger charge is 2.15. The first kappa shape index (κ1) is 17.6. The van der Waals surface area contributed by atoms with Crippen LogP contribution in [0.5, 0.6) is 11.5 Å². The third kappa shape index (κ3) is 4.24. The highest BCUT2D eigenvalue weighted by atomic mass is 16.5. The molecule has 3 rings (SSSR count). The van der Waals surface area contributed by atoms with Gasteiger partial charge in [-0.2, -0.15) is 0 Å². The predicted octanol–water partition coefficient (Wildman–Crippen LogP) is 2.39. The second-order valence-corrected chi connectivity index (χ2v) is 6.01. The second kappa shape index (κ2) is 7.77. The van der Waals surface area contributed by atoms with E-state index in [9.17, 15) is 9.59 Å². The van der Waals surface area contributed by atoms with Gasteiger partial charge in [0.25, 0.3) is 0 Å². The lowest BCUT2D eigenvalue weighted by Crippen LogP contribution is -2.31. The Bertz CT molecular complexity index is 805. The molecule has 0 saturated heterocycles. The lowest BCUT2D eigenvalue weighted by Gasteiger charge is -2.17. The summed E-state index contributed by atoms with van der Waals surface area (Å²) in [6.07, 6.45) is 0.838. The van der Waals surface area contributed by atoms with Crippen LogP contribution in [0.3, 0.4) is 0 Å². The van der Waals surface area contributed by atoms with Gasteiger partial charge in [-0.15, -0.1) is 0 Å². The number of fused-ring (bicyclic) bond motifs is 1. The fourth-order valence-electron chi connectivity index (χ4n) is 2.54. The topological polar surface area (TPSA) is 103 Å². The van der Waals surface area contributed by atoms with Crippen molar-refractivity contribution in [2.45, 2.75) is 19.4 Å². The molecule has 136 valence electrons. The minimum Gasteiger partial charge on any atom is -0.490 e. The quantitative estimate of drug-likeness (QED) is 0.764. The van der Waals surface area contributed by atoms with Crippen molar-refractivity contribution in [1.29, 1.82) is 0 Å². The fraction of sp³-hybridized carbons (Fsp3) is 0.263. The first-order valence-electron chi connectivity index (χ1n) is 8.40. The van der Waals surface area contributed by atoms with Crippen LogP contribution < -0.4 is 25.8 Å². The Labute approximate surface area is 151 Å². The maximum Gasteiger partial charge on any atom is 0.248 e. The van der Waals surface area contributed by atoms with Gasteiger partial charge >= 0.3 is 0 Å². The summed E-state index contributed by atoms with van der Waals surface area (Å²) in [7, 11) is 0. The molecular formula is C19H21N3O4. The number of nitrogens with two attached hydrogens (primary N) is 1. The molecule has 2 amide bonds. The Morgan fingerprint density at radius 2 is 1.65 bits per heavy atom. The normalized spacial score (nSPS) is 14.0. The number of carbonyl (C=O) groups is 2. The van der Waals surface area contributed by atoms with Crippen LogP contribution in [0.2, 0.25) is 0 Å². The number of benzene rings is 2. The third-order valence-corrected chi connectivity index (χ3v) is 3.96. The van der Waals surface area contributed by atoms with Gasteiger partial charge in [0.05, 0.1) is 13.2 Å². The van der Waals surface area contributed by atoms with E-state index in [1.807, 2.05) is 18.2 Å². The fourth-order valence-corrected chi connectivity index (χ4v) is 2.54. The van der Waals surface area contributed by atoms with E-state index in [1.165, 1.54) is 0 Å². The van der Waals surface area contributed by atoms with Gasteiger partial charge in [-0.3, -0.25) is 9.59 Å². The number of ether oxygens (including phenoxy) is 2. The summed E-state index contributed by atoms with van der Waals surface area (Å²) in [4.78, 5) is 23.4. The average molecular weight is 355 g/mol. The SMILES string of the molecule is C[C@H](Nc1ccc2c(c1)OCCCO2)C(=O)Nc1ccc(C(N)=O)cc1. The molecule has 1 aliphatic rings. The zero-order valence-electron chi connectivity index (χ0n) is 14.5. The Morgan fingerprint density at radius 1 is 1.00 bits per heavy atom. The van der Waals surface area contributed by atoms with Crippen LogP contribution in [0.15, 0.2) is 42.5 Å². The monoisotopic (exact) mass is 355 g/mol. The average Bonchev–Trinajstić information content (AvgIpc) is 2.87. The van der Waals surface area contributed by atoms with Gasteiger partial charge in [0.2, 0.25) is 11.8 Å². The van der Waals surface area contributed by atoms with Crippen molar-refractivity contribution >= 4 is 23.2 Å². The van der Waals surface area contributed by atoms with Crippen molar-refractivity contribution < 1.29 is 19.1 Å². The van der Waals surface area contributed by atoms with Crippen molar-refractivity contribution in [3.05, 3.63) is 48.0 Å². The summed E-state index contributed by atoms with van der Waals surface area (Å²) >= 11 is 0. The van der Waals surface area contributed by atoms with E-state index >= 15 is 0 Å². The zero-order valence-corrected chi connectivity index (χ0v) is 14.5. The number of primary amides is 1. The molecule has 0 bridgehead atoms. The number of rotatable bonds is 5. The molecule has 0 saturated carbocycles. The number of carbonyl (C=O) groups excluding carboxylic acids is 2. The highest BCUT2D eigenvalue weighted by Crippen LogP contribution is 2.32. The lowest BCUT2D eigenvalue weighted by atomic mass is 10.2. The Balaban J connectivity index is 1.62. The molecule has 0 unspecified atom stereocenters. The van der Waals surface area contributed by atoms with Gasteiger partial charge in [-0.1, -0.05) is 0 Å². The molecule has 1 aliphatic heterocycles. The maximum atomic E-state index is 12.4. The first-order valence-corrected chi connectivity index (χ1v) is 8.40. The number of hydrogen-bond donors (Lipinski definition) is 3. The van der Waals surface area contributed by atoms with Crippen LogP contribution in [0.4, 0.5) is 11.4 Å². The summed E-state index contributed by atoms with van der Waals surface area (Å²) in [5, 5.41) is 5.93. The Morgan fingerprint density at radius 3 is 2.35 bits per heavy atom. The summed E-state index contributed by atoms with van der Waals surface area (Å²) in [5.74, 6) is 0.665. The van der Waals surface area contributed by atoms with Crippen LogP contribution in [0.1, 0.15) is 23.7 Å². The molecule has 26 heavy (non-hydrogen) atoms. The predicted molar refractivity (Wildman–Crippen MR) is 98.7 cm³/mol. The molecule has 0 aromatic heterocycles. The van der Waals surface area contributed by atoms with Crippen LogP contribution in [-0.2, 0) is 4.79 Å². The molecule has 7 heteroatoms. The molecule has 2 aromatic carbocycles. The van der Waals surface area contributed by atoms with Crippen molar-refractivity contribution in [1.82, 2.24) is 0 Å². The number of amides is 2. The molecule has 0 spiro atoms. The standard InChI is InChI=1S/C19H21N3O4/c1-12(19(24)22-14-5-3-13(4-6-14)18(20)23)21-15-7-8-16-17(11-15)26-10-2-9-25-16/h3-8,11-12,21H,2,9-10H2,1H3,(H2,20,23)(H,22,24)/t12-/m0/s1. The summed E-state index contributed by atoms with van der Waals surface area (Å²) in [5.41, 5.74) is 6.95. The van der Waals surface area contributed by atoms with Crippen molar-refractivity contribution in [3.8, 4) is 11.5 Å². The van der Waals surface area contributed by atoms with Crippen molar-refractivity contribution in [3.63, 3.8) is 0 Å². The van der Waals surface area contributed by atoms with Gasteiger partial charge in [0.1, 0.15) is 6.04 Å². The van der Waals surface area contributed by atoms with Crippen LogP contribution in [0.25, 0.3) is 0 Å². The minimum atomic E-state index is -0.507. The summed E-state index contributed by atoms with van der Waals surface area (Å²) in [6.45, 7) is 3.00. The summed E-state index contributed by atoms with van der Waals surface area (Å²) < 4.78 is 11.3. The molecule has 0 radical (unpaired) electrons. The molecule has 0 fully saturated rings. The van der Waals surface area contributed by atoms with E-state index in [0.717, 1.165) is 12.1 Å². The molecule has 0 aliphatic carbocycles. The number of anilines is 2. The van der Waals surface area contributed by atoms with E-state index in [0.29, 0.717) is 36.0 Å². The molecule has 1 atom stereocenters. The largest absolute Gasteiger partial charge is 0.490 e. The van der Waals surface area contributed by atoms with Gasteiger partial charge in [-0.25, -0.2) is 0 Å². The van der Waals surface area contributed by atoms with E-state index < -0.39 is 11.9 Å². The van der Waals surface area contributed by atoms with Gasteiger partial charge in [0.15, 0.2) is 11.5 Å². The Hall–Kier alpha value is -3.22. The van der Waals surface area contributed by atoms with E-state index in [1.54, 1.807) is 31.2 Å². The number of nitrogens with one attached hydrogen (secondary N) is 2. The molecular weight excluding hydrogens is 334 g/mol. The van der Waals surface area contributed by atoms with Gasteiger partial charge in [0, 0.05) is 29.4 Å². The highest BCUT2D eigenvalue weighted by molar-refractivity contribution is 5.97. The van der Waals surface area contributed by atoms with E-state index in [-0.39, 0.29) is 5.91 Å². The lowest BCUT2D eigenvalue weighted by molar-refractivity contribution is -0.116. The van der Waals surface area contributed by atoms with Gasteiger partial charge < -0.3 is 25.8 Å². The van der Waals surface area contributed by atoms with Crippen LogP contribution in [0, 0.1) is 0 Å². The minimum absolute atomic E-state index is 0.205. The molecule has 7 nitrogen and oxygen atoms in total. The smallest absolute Gasteiger partial charge is 0.248 e. The van der Waals surface area contributed by atoms with E-state index in [2.05, 4.69) is 10.6 Å². The summed E-state index contributed by atoms with van der Waals surface area (Å²) in [6, 6.07) is 11.4. The number of hydrogen-bond acceptors (Lipinski definition) is 5. The molecule has 4 N–H and O–H groups in total. The molecule has 2 aromatic rings. The zero-order chi connectivity index (χ0) is 18.5. The van der Waals surface area contributed by atoms with Crippen molar-refractivity contribution in [2.75, 3.05) is 23.8 Å². The second-order valence-electron chi connectivity index (χ2n) is 6.01. The van der Waals surface area contributed by atoms with E-state index in [4.69, 9.17) is 15.2 Å². The third-order valence-electron chi connectivity index (χ3n) is 3.96. The maximum absolute atomic E-state index is 12.4. The molecule has 1 heterocycles. The first-order chi connectivity index (χ1) is 12.5. The van der Waals surface area contributed by atoms with Crippen LogP contribution >= 0.6 is 0 Å². The van der Waals surface area contributed by atoms with Crippen LogP contribution in [-0.4, -0.2) is 31.1 Å². The van der Waals surface area contributed by atoms with Crippen molar-refractivity contribution in [2.24, 2.45) is 5.73 Å². The Kier molecular flexibility index (Phi) is 5.26.